The van der Waals surface area contributed by atoms with Crippen molar-refractivity contribution in [2.75, 3.05) is 24.4 Å². The Hall–Kier alpha value is -0.760. The average molecular weight is 171 g/mol. The molecule has 0 aliphatic rings. The largest absolute Gasteiger partial charge is 0.373 e. The number of alkyl halides is 1. The van der Waals surface area contributed by atoms with Crippen LogP contribution in [0.4, 0.5) is 5.69 Å². The van der Waals surface area contributed by atoms with Crippen LogP contribution in [0.1, 0.15) is 0 Å². The van der Waals surface area contributed by atoms with Crippen molar-refractivity contribution in [3.63, 3.8) is 0 Å². The van der Waals surface area contributed by atoms with Crippen LogP contribution in [0.3, 0.4) is 0 Å². The summed E-state index contributed by atoms with van der Waals surface area (Å²) in [5, 5.41) is 0. The standard InChI is InChI=1S/C8H11ClN2/c1-11(7-4-9)8-2-5-10-6-3-8/h2-3,5-6H,4,7H2,1H3. The van der Waals surface area contributed by atoms with Gasteiger partial charge in [0, 0.05) is 37.6 Å². The molecule has 0 saturated heterocycles. The molecule has 0 aliphatic carbocycles. The summed E-state index contributed by atoms with van der Waals surface area (Å²) in [6.07, 6.45) is 3.56. The van der Waals surface area contributed by atoms with Crippen molar-refractivity contribution in [2.24, 2.45) is 0 Å². The molecule has 0 aliphatic heterocycles. The van der Waals surface area contributed by atoms with E-state index in [-0.39, 0.29) is 0 Å². The van der Waals surface area contributed by atoms with E-state index in [1.807, 2.05) is 19.2 Å². The zero-order chi connectivity index (χ0) is 8.10. The molecule has 2 nitrogen and oxygen atoms in total. The topological polar surface area (TPSA) is 16.1 Å². The molecule has 1 aromatic heterocycles. The lowest BCUT2D eigenvalue weighted by Gasteiger charge is -2.16. The molecule has 3 heteroatoms. The van der Waals surface area contributed by atoms with Gasteiger partial charge in [-0.2, -0.15) is 0 Å². The summed E-state index contributed by atoms with van der Waals surface area (Å²) in [5.41, 5.74) is 1.15. The highest BCUT2D eigenvalue weighted by Crippen LogP contribution is 2.08. The highest BCUT2D eigenvalue weighted by atomic mass is 35.5. The maximum absolute atomic E-state index is 5.59. The monoisotopic (exact) mass is 170 g/mol. The van der Waals surface area contributed by atoms with Crippen molar-refractivity contribution in [2.45, 2.75) is 0 Å². The van der Waals surface area contributed by atoms with E-state index in [0.717, 1.165) is 12.2 Å². The van der Waals surface area contributed by atoms with Gasteiger partial charge in [-0.25, -0.2) is 0 Å². The zero-order valence-corrected chi connectivity index (χ0v) is 7.25. The molecule has 1 heterocycles. The van der Waals surface area contributed by atoms with Gasteiger partial charge in [0.1, 0.15) is 0 Å². The molecular formula is C8H11ClN2. The Bertz CT molecular complexity index is 201. The Kier molecular flexibility index (Phi) is 3.17. The number of nitrogens with zero attached hydrogens (tertiary/aromatic N) is 2. The highest BCUT2D eigenvalue weighted by molar-refractivity contribution is 6.18. The van der Waals surface area contributed by atoms with Crippen LogP contribution in [-0.4, -0.2) is 24.5 Å². The lowest BCUT2D eigenvalue weighted by atomic mass is 10.4. The molecule has 0 amide bonds. The molecule has 0 unspecified atom stereocenters. The molecule has 0 spiro atoms. The summed E-state index contributed by atoms with van der Waals surface area (Å²) in [6, 6.07) is 3.93. The quantitative estimate of drug-likeness (QED) is 0.643. The minimum atomic E-state index is 0.652. The van der Waals surface area contributed by atoms with E-state index in [1.165, 1.54) is 0 Å². The van der Waals surface area contributed by atoms with E-state index >= 15 is 0 Å². The van der Waals surface area contributed by atoms with E-state index < -0.39 is 0 Å². The van der Waals surface area contributed by atoms with E-state index in [4.69, 9.17) is 11.6 Å². The predicted molar refractivity (Wildman–Crippen MR) is 48.2 cm³/mol. The van der Waals surface area contributed by atoms with Crippen LogP contribution in [0.15, 0.2) is 24.5 Å². The van der Waals surface area contributed by atoms with Crippen LogP contribution < -0.4 is 4.90 Å². The van der Waals surface area contributed by atoms with Crippen molar-refractivity contribution in [3.05, 3.63) is 24.5 Å². The minimum absolute atomic E-state index is 0.652. The molecule has 1 rings (SSSR count). The first-order valence-electron chi connectivity index (χ1n) is 3.51. The maximum Gasteiger partial charge on any atom is 0.0399 e. The Morgan fingerprint density at radius 1 is 1.45 bits per heavy atom. The van der Waals surface area contributed by atoms with Gasteiger partial charge in [-0.05, 0) is 12.1 Å². The molecule has 60 valence electrons. The molecule has 0 saturated carbocycles. The maximum atomic E-state index is 5.59. The first kappa shape index (κ1) is 8.34. The first-order valence-corrected chi connectivity index (χ1v) is 4.05. The summed E-state index contributed by atoms with van der Waals surface area (Å²) in [4.78, 5) is 6.02. The average Bonchev–Trinajstić information content (AvgIpc) is 2.07. The van der Waals surface area contributed by atoms with Crippen LogP contribution in [0, 0.1) is 0 Å². The van der Waals surface area contributed by atoms with Crippen molar-refractivity contribution in [3.8, 4) is 0 Å². The number of rotatable bonds is 3. The van der Waals surface area contributed by atoms with Gasteiger partial charge in [0.25, 0.3) is 0 Å². The van der Waals surface area contributed by atoms with Crippen LogP contribution in [0.2, 0.25) is 0 Å². The fourth-order valence-corrected chi connectivity index (χ4v) is 1.11. The fraction of sp³-hybridized carbons (Fsp3) is 0.375. The summed E-state index contributed by atoms with van der Waals surface area (Å²) < 4.78 is 0. The Morgan fingerprint density at radius 2 is 2.09 bits per heavy atom. The second-order valence-corrected chi connectivity index (χ2v) is 2.69. The SMILES string of the molecule is CN(CCCl)c1ccncc1. The summed E-state index contributed by atoms with van der Waals surface area (Å²) in [5.74, 6) is 0.652. The van der Waals surface area contributed by atoms with Gasteiger partial charge in [0.15, 0.2) is 0 Å². The number of pyridine rings is 1. The molecule has 0 bridgehead atoms. The summed E-state index contributed by atoms with van der Waals surface area (Å²) >= 11 is 5.59. The van der Waals surface area contributed by atoms with Crippen LogP contribution >= 0.6 is 11.6 Å². The third-order valence-corrected chi connectivity index (χ3v) is 1.69. The van der Waals surface area contributed by atoms with E-state index in [1.54, 1.807) is 12.4 Å². The lowest BCUT2D eigenvalue weighted by molar-refractivity contribution is 0.970. The second kappa shape index (κ2) is 4.19. The number of anilines is 1. The predicted octanol–water partition coefficient (Wildman–Crippen LogP) is 1.76. The molecule has 0 fully saturated rings. The molecular weight excluding hydrogens is 160 g/mol. The van der Waals surface area contributed by atoms with Crippen LogP contribution in [-0.2, 0) is 0 Å². The smallest absolute Gasteiger partial charge is 0.0399 e. The third kappa shape index (κ3) is 2.39. The van der Waals surface area contributed by atoms with Crippen LogP contribution in [0.25, 0.3) is 0 Å². The minimum Gasteiger partial charge on any atom is -0.373 e. The highest BCUT2D eigenvalue weighted by Gasteiger charge is 1.96. The summed E-state index contributed by atoms with van der Waals surface area (Å²) in [7, 11) is 2.01. The number of halogens is 1. The number of aromatic nitrogens is 1. The van der Waals surface area contributed by atoms with Gasteiger partial charge in [-0.3, -0.25) is 4.98 Å². The van der Waals surface area contributed by atoms with Gasteiger partial charge in [-0.15, -0.1) is 11.6 Å². The van der Waals surface area contributed by atoms with E-state index in [0.29, 0.717) is 5.88 Å². The van der Waals surface area contributed by atoms with Gasteiger partial charge in [-0.1, -0.05) is 0 Å². The molecule has 0 atom stereocenters. The number of hydrogen-bond acceptors (Lipinski definition) is 2. The molecule has 11 heavy (non-hydrogen) atoms. The van der Waals surface area contributed by atoms with Crippen molar-refractivity contribution in [1.29, 1.82) is 0 Å². The van der Waals surface area contributed by atoms with Crippen LogP contribution in [0.5, 0.6) is 0 Å². The van der Waals surface area contributed by atoms with Gasteiger partial charge in [0.05, 0.1) is 0 Å². The summed E-state index contributed by atoms with van der Waals surface area (Å²) in [6.45, 7) is 0.867. The normalized spacial score (nSPS) is 9.64. The molecule has 1 aromatic rings. The van der Waals surface area contributed by atoms with Gasteiger partial charge in [0.2, 0.25) is 0 Å². The third-order valence-electron chi connectivity index (χ3n) is 1.52. The molecule has 0 aromatic carbocycles. The molecule has 0 radical (unpaired) electrons. The van der Waals surface area contributed by atoms with Crippen molar-refractivity contribution in [1.82, 2.24) is 4.98 Å². The van der Waals surface area contributed by atoms with Crippen molar-refractivity contribution >= 4 is 17.3 Å². The second-order valence-electron chi connectivity index (χ2n) is 2.32. The lowest BCUT2D eigenvalue weighted by Crippen LogP contribution is -2.19. The van der Waals surface area contributed by atoms with E-state index in [2.05, 4.69) is 9.88 Å². The van der Waals surface area contributed by atoms with Gasteiger partial charge >= 0.3 is 0 Å². The molecule has 0 N–H and O–H groups in total. The zero-order valence-electron chi connectivity index (χ0n) is 6.50. The van der Waals surface area contributed by atoms with Gasteiger partial charge < -0.3 is 4.90 Å². The fourth-order valence-electron chi connectivity index (χ4n) is 0.854. The Labute approximate surface area is 71.8 Å². The Balaban J connectivity index is 2.61. The first-order chi connectivity index (χ1) is 5.34. The number of hydrogen-bond donors (Lipinski definition) is 0. The van der Waals surface area contributed by atoms with Crippen molar-refractivity contribution < 1.29 is 0 Å². The Morgan fingerprint density at radius 3 is 2.64 bits per heavy atom. The van der Waals surface area contributed by atoms with E-state index in [9.17, 15) is 0 Å².